The Bertz CT molecular complexity index is 181. The third-order valence-electron chi connectivity index (χ3n) is 1.18. The normalized spacial score (nSPS) is 12.2. The van der Waals surface area contributed by atoms with E-state index in [-0.39, 0.29) is 25.7 Å². The zero-order valence-corrected chi connectivity index (χ0v) is 7.45. The summed E-state index contributed by atoms with van der Waals surface area (Å²) >= 11 is 0. The van der Waals surface area contributed by atoms with Crippen LogP contribution in [0.25, 0.3) is 0 Å². The highest BCUT2D eigenvalue weighted by atomic mass is 16.5. The lowest BCUT2D eigenvalue weighted by atomic mass is 10.3. The van der Waals surface area contributed by atoms with Gasteiger partial charge in [-0.25, -0.2) is 4.79 Å². The van der Waals surface area contributed by atoms with Crippen LogP contribution in [0.15, 0.2) is 0 Å². The molecular formula is C7H14N2O4. The molecule has 0 heterocycles. The van der Waals surface area contributed by atoms with Gasteiger partial charge in [-0.05, 0) is 6.92 Å². The lowest BCUT2D eigenvalue weighted by Gasteiger charge is -2.06. The Morgan fingerprint density at radius 3 is 2.69 bits per heavy atom. The Morgan fingerprint density at radius 1 is 1.62 bits per heavy atom. The number of aliphatic carboxylic acids is 1. The summed E-state index contributed by atoms with van der Waals surface area (Å²) in [7, 11) is 0. The SMILES string of the molecule is C[C@@H](N)C(=O)NCCOCC(=O)O. The molecule has 6 nitrogen and oxygen atoms in total. The van der Waals surface area contributed by atoms with E-state index < -0.39 is 12.0 Å². The van der Waals surface area contributed by atoms with E-state index in [9.17, 15) is 9.59 Å². The summed E-state index contributed by atoms with van der Waals surface area (Å²) in [6.07, 6.45) is 0. The molecule has 0 aliphatic heterocycles. The molecule has 0 aromatic heterocycles. The first-order valence-electron chi connectivity index (χ1n) is 3.87. The summed E-state index contributed by atoms with van der Waals surface area (Å²) in [4.78, 5) is 20.8. The zero-order valence-electron chi connectivity index (χ0n) is 7.45. The van der Waals surface area contributed by atoms with Gasteiger partial charge in [0.1, 0.15) is 6.61 Å². The van der Waals surface area contributed by atoms with E-state index in [1.165, 1.54) is 0 Å². The summed E-state index contributed by atoms with van der Waals surface area (Å²) in [5.41, 5.74) is 5.25. The molecule has 0 aromatic rings. The Morgan fingerprint density at radius 2 is 2.23 bits per heavy atom. The summed E-state index contributed by atoms with van der Waals surface area (Å²) < 4.78 is 4.67. The molecule has 4 N–H and O–H groups in total. The lowest BCUT2D eigenvalue weighted by Crippen LogP contribution is -2.39. The van der Waals surface area contributed by atoms with Gasteiger partial charge in [0.2, 0.25) is 5.91 Å². The first-order valence-corrected chi connectivity index (χ1v) is 3.87. The molecule has 0 rings (SSSR count). The van der Waals surface area contributed by atoms with Crippen LogP contribution in [0.4, 0.5) is 0 Å². The Labute approximate surface area is 76.0 Å². The maximum absolute atomic E-state index is 10.8. The largest absolute Gasteiger partial charge is 0.480 e. The van der Waals surface area contributed by atoms with Gasteiger partial charge in [0.25, 0.3) is 0 Å². The van der Waals surface area contributed by atoms with E-state index in [2.05, 4.69) is 10.1 Å². The number of hydrogen-bond acceptors (Lipinski definition) is 4. The van der Waals surface area contributed by atoms with Gasteiger partial charge in [-0.1, -0.05) is 0 Å². The molecule has 0 fully saturated rings. The monoisotopic (exact) mass is 190 g/mol. The predicted molar refractivity (Wildman–Crippen MR) is 45.1 cm³/mol. The number of nitrogens with two attached hydrogens (primary N) is 1. The third kappa shape index (κ3) is 7.23. The van der Waals surface area contributed by atoms with Crippen LogP contribution in [-0.2, 0) is 14.3 Å². The molecule has 0 aliphatic rings. The lowest BCUT2D eigenvalue weighted by molar-refractivity contribution is -0.142. The topological polar surface area (TPSA) is 102 Å². The number of hydrogen-bond donors (Lipinski definition) is 3. The maximum atomic E-state index is 10.8. The van der Waals surface area contributed by atoms with Gasteiger partial charge in [-0.2, -0.15) is 0 Å². The number of rotatable bonds is 6. The van der Waals surface area contributed by atoms with Crippen molar-refractivity contribution in [2.45, 2.75) is 13.0 Å². The molecule has 0 unspecified atom stereocenters. The Hall–Kier alpha value is -1.14. The average Bonchev–Trinajstić information content (AvgIpc) is 2.02. The molecular weight excluding hydrogens is 176 g/mol. The van der Waals surface area contributed by atoms with Gasteiger partial charge in [0, 0.05) is 6.54 Å². The molecule has 0 radical (unpaired) electrons. The van der Waals surface area contributed by atoms with Gasteiger partial charge < -0.3 is 20.9 Å². The Kier molecular flexibility index (Phi) is 5.82. The second-order valence-corrected chi connectivity index (χ2v) is 2.53. The number of carboxylic acids is 1. The van der Waals surface area contributed by atoms with Crippen molar-refractivity contribution < 1.29 is 19.4 Å². The van der Waals surface area contributed by atoms with Crippen LogP contribution in [0.1, 0.15) is 6.92 Å². The highest BCUT2D eigenvalue weighted by Gasteiger charge is 2.05. The van der Waals surface area contributed by atoms with Crippen LogP contribution < -0.4 is 11.1 Å². The average molecular weight is 190 g/mol. The fraction of sp³-hybridized carbons (Fsp3) is 0.714. The van der Waals surface area contributed by atoms with Crippen molar-refractivity contribution in [3.05, 3.63) is 0 Å². The smallest absolute Gasteiger partial charge is 0.329 e. The van der Waals surface area contributed by atoms with Crippen LogP contribution in [0, 0.1) is 0 Å². The number of carboxylic acid groups (broad SMARTS) is 1. The van der Waals surface area contributed by atoms with Gasteiger partial charge in [-0.15, -0.1) is 0 Å². The molecule has 1 atom stereocenters. The molecule has 0 aromatic carbocycles. The van der Waals surface area contributed by atoms with Crippen molar-refractivity contribution in [2.75, 3.05) is 19.8 Å². The highest BCUT2D eigenvalue weighted by Crippen LogP contribution is 1.76. The molecule has 0 bridgehead atoms. The van der Waals surface area contributed by atoms with Crippen LogP contribution in [-0.4, -0.2) is 42.8 Å². The highest BCUT2D eigenvalue weighted by molar-refractivity contribution is 5.80. The van der Waals surface area contributed by atoms with Crippen molar-refractivity contribution in [3.8, 4) is 0 Å². The van der Waals surface area contributed by atoms with Crippen molar-refractivity contribution in [1.29, 1.82) is 0 Å². The van der Waals surface area contributed by atoms with Gasteiger partial charge in [0.05, 0.1) is 12.6 Å². The molecule has 0 spiro atoms. The summed E-state index contributed by atoms with van der Waals surface area (Å²) in [5.74, 6) is -1.31. The number of ether oxygens (including phenoxy) is 1. The van der Waals surface area contributed by atoms with Crippen molar-refractivity contribution in [2.24, 2.45) is 5.73 Å². The minimum atomic E-state index is -1.03. The second kappa shape index (κ2) is 6.38. The molecule has 0 saturated carbocycles. The van der Waals surface area contributed by atoms with Gasteiger partial charge in [0.15, 0.2) is 0 Å². The molecule has 0 saturated heterocycles. The van der Waals surface area contributed by atoms with Crippen LogP contribution in [0.2, 0.25) is 0 Å². The minimum absolute atomic E-state index is 0.171. The molecule has 6 heteroatoms. The third-order valence-corrected chi connectivity index (χ3v) is 1.18. The summed E-state index contributed by atoms with van der Waals surface area (Å²) in [6.45, 7) is 1.65. The zero-order chi connectivity index (χ0) is 10.3. The van der Waals surface area contributed by atoms with E-state index in [4.69, 9.17) is 10.8 Å². The number of amides is 1. The van der Waals surface area contributed by atoms with E-state index in [1.54, 1.807) is 6.92 Å². The standard InChI is InChI=1S/C7H14N2O4/c1-5(8)7(12)9-2-3-13-4-6(10)11/h5H,2-4,8H2,1H3,(H,9,12)(H,10,11)/t5-/m1/s1. The number of carbonyl (C=O) groups excluding carboxylic acids is 1. The fourth-order valence-corrected chi connectivity index (χ4v) is 0.567. The van der Waals surface area contributed by atoms with Crippen molar-refractivity contribution >= 4 is 11.9 Å². The van der Waals surface area contributed by atoms with E-state index >= 15 is 0 Å². The van der Waals surface area contributed by atoms with Gasteiger partial charge >= 0.3 is 5.97 Å². The summed E-state index contributed by atoms with van der Waals surface area (Å²) in [5, 5.41) is 10.7. The van der Waals surface area contributed by atoms with E-state index in [1.807, 2.05) is 0 Å². The molecule has 76 valence electrons. The predicted octanol–water partition coefficient (Wildman–Crippen LogP) is -1.45. The number of carbonyl (C=O) groups is 2. The van der Waals surface area contributed by atoms with Crippen LogP contribution in [0.5, 0.6) is 0 Å². The van der Waals surface area contributed by atoms with Crippen molar-refractivity contribution in [3.63, 3.8) is 0 Å². The number of nitrogens with one attached hydrogen (secondary N) is 1. The fourth-order valence-electron chi connectivity index (χ4n) is 0.567. The van der Waals surface area contributed by atoms with E-state index in [0.717, 1.165) is 0 Å². The van der Waals surface area contributed by atoms with E-state index in [0.29, 0.717) is 0 Å². The second-order valence-electron chi connectivity index (χ2n) is 2.53. The van der Waals surface area contributed by atoms with Crippen LogP contribution >= 0.6 is 0 Å². The molecule has 13 heavy (non-hydrogen) atoms. The molecule has 1 amide bonds. The van der Waals surface area contributed by atoms with Crippen molar-refractivity contribution in [1.82, 2.24) is 5.32 Å². The Balaban J connectivity index is 3.26. The first kappa shape index (κ1) is 11.9. The van der Waals surface area contributed by atoms with Gasteiger partial charge in [-0.3, -0.25) is 4.79 Å². The minimum Gasteiger partial charge on any atom is -0.480 e. The quantitative estimate of drug-likeness (QED) is 0.445. The molecule has 0 aliphatic carbocycles. The summed E-state index contributed by atoms with van der Waals surface area (Å²) in [6, 6.07) is -0.556. The first-order chi connectivity index (χ1) is 6.04. The van der Waals surface area contributed by atoms with Crippen LogP contribution in [0.3, 0.4) is 0 Å². The maximum Gasteiger partial charge on any atom is 0.329 e.